The molecule has 0 bridgehead atoms. The molecule has 0 saturated carbocycles. The fourth-order valence-corrected chi connectivity index (χ4v) is 3.62. The number of hydrogen-bond donors (Lipinski definition) is 2. The van der Waals surface area contributed by atoms with Crippen molar-refractivity contribution in [2.24, 2.45) is 0 Å². The summed E-state index contributed by atoms with van der Waals surface area (Å²) in [6.07, 6.45) is -1.02. The maximum Gasteiger partial charge on any atom is 0.416 e. The Kier molecular flexibility index (Phi) is 7.10. The molecule has 3 nitrogen and oxygen atoms in total. The highest BCUT2D eigenvalue weighted by molar-refractivity contribution is 5.31. The van der Waals surface area contributed by atoms with Crippen molar-refractivity contribution in [1.29, 1.82) is 0 Å². The Morgan fingerprint density at radius 1 is 1.11 bits per heavy atom. The smallest absolute Gasteiger partial charge is 0.385 e. The van der Waals surface area contributed by atoms with E-state index in [0.29, 0.717) is 19.5 Å². The monoisotopic (exact) mass is 394 g/mol. The number of rotatable bonds is 8. The normalized spacial score (nSPS) is 17.9. The van der Waals surface area contributed by atoms with Crippen LogP contribution >= 0.6 is 0 Å². The molecule has 0 fully saturated rings. The van der Waals surface area contributed by atoms with Crippen LogP contribution in [-0.4, -0.2) is 30.9 Å². The summed E-state index contributed by atoms with van der Waals surface area (Å²) in [5.41, 5.74) is 2.79. The largest absolute Gasteiger partial charge is 0.416 e. The fourth-order valence-electron chi connectivity index (χ4n) is 3.62. The molecule has 6 heteroatoms. The zero-order valence-corrected chi connectivity index (χ0v) is 15.8. The lowest BCUT2D eigenvalue weighted by molar-refractivity contribution is -0.660. The van der Waals surface area contributed by atoms with Gasteiger partial charge in [0.2, 0.25) is 0 Å². The zero-order chi connectivity index (χ0) is 20.0. The van der Waals surface area contributed by atoms with Gasteiger partial charge in [0.05, 0.1) is 24.8 Å². The highest BCUT2D eigenvalue weighted by Crippen LogP contribution is 2.32. The topological polar surface area (TPSA) is 46.1 Å². The number of nitrogens with two attached hydrogens (primary N) is 1. The van der Waals surface area contributed by atoms with E-state index >= 15 is 0 Å². The molecule has 1 aliphatic rings. The lowest BCUT2D eigenvalue weighted by atomic mass is 9.89. The average Bonchev–Trinajstić information content (AvgIpc) is 2.69. The van der Waals surface area contributed by atoms with E-state index < -0.39 is 17.8 Å². The Balaban J connectivity index is 1.36. The van der Waals surface area contributed by atoms with Crippen LogP contribution in [0, 0.1) is 0 Å². The Hall–Kier alpha value is -1.89. The van der Waals surface area contributed by atoms with Gasteiger partial charge in [-0.25, -0.2) is 0 Å². The van der Waals surface area contributed by atoms with Gasteiger partial charge in [-0.1, -0.05) is 36.4 Å². The minimum atomic E-state index is -4.30. The number of aliphatic hydroxyl groups excluding tert-OH is 1. The van der Waals surface area contributed by atoms with E-state index in [4.69, 9.17) is 4.74 Å². The summed E-state index contributed by atoms with van der Waals surface area (Å²) < 4.78 is 43.6. The van der Waals surface area contributed by atoms with Crippen LogP contribution in [0.1, 0.15) is 41.2 Å². The van der Waals surface area contributed by atoms with Crippen molar-refractivity contribution >= 4 is 0 Å². The molecule has 0 amide bonds. The van der Waals surface area contributed by atoms with Crippen LogP contribution in [0.5, 0.6) is 0 Å². The molecule has 152 valence electrons. The van der Waals surface area contributed by atoms with Crippen molar-refractivity contribution in [3.05, 3.63) is 70.8 Å². The molecule has 28 heavy (non-hydrogen) atoms. The number of halogens is 3. The van der Waals surface area contributed by atoms with E-state index in [9.17, 15) is 18.3 Å². The second kappa shape index (κ2) is 9.54. The number of ether oxygens (including phenoxy) is 1. The summed E-state index contributed by atoms with van der Waals surface area (Å²) in [5.74, 6) is 0. The Morgan fingerprint density at radius 2 is 1.86 bits per heavy atom. The zero-order valence-electron chi connectivity index (χ0n) is 15.8. The third-order valence-electron chi connectivity index (χ3n) is 5.16. The van der Waals surface area contributed by atoms with Gasteiger partial charge in [0.15, 0.2) is 0 Å². The summed E-state index contributed by atoms with van der Waals surface area (Å²) in [6, 6.07) is 13.5. The van der Waals surface area contributed by atoms with Gasteiger partial charge in [-0.15, -0.1) is 0 Å². The summed E-state index contributed by atoms with van der Waals surface area (Å²) in [4.78, 5) is 0. The average molecular weight is 394 g/mol. The highest BCUT2D eigenvalue weighted by atomic mass is 19.4. The van der Waals surface area contributed by atoms with Gasteiger partial charge < -0.3 is 15.2 Å². The molecule has 2 aromatic rings. The summed E-state index contributed by atoms with van der Waals surface area (Å²) in [7, 11) is 0. The molecule has 1 aliphatic carbocycles. The molecule has 2 atom stereocenters. The van der Waals surface area contributed by atoms with Crippen molar-refractivity contribution in [2.75, 3.05) is 19.7 Å². The lowest BCUT2D eigenvalue weighted by Gasteiger charge is -2.26. The summed E-state index contributed by atoms with van der Waals surface area (Å²) in [5, 5.41) is 12.1. The van der Waals surface area contributed by atoms with E-state index in [2.05, 4.69) is 12.1 Å². The minimum absolute atomic E-state index is 0.0479. The maximum absolute atomic E-state index is 12.6. The van der Waals surface area contributed by atoms with E-state index in [1.807, 2.05) is 17.4 Å². The molecule has 0 unspecified atom stereocenters. The number of fused-ring (bicyclic) bond motifs is 1. The molecule has 2 aromatic carbocycles. The molecule has 0 aliphatic heterocycles. The molecular weight excluding hydrogens is 367 g/mol. The van der Waals surface area contributed by atoms with Crippen molar-refractivity contribution in [3.63, 3.8) is 0 Å². The SMILES string of the molecule is O[C@H](C[NH2+]CCc1ccc(C(F)(F)F)cc1)CO[C@H]1CCCc2ccccc21. The summed E-state index contributed by atoms with van der Waals surface area (Å²) >= 11 is 0. The highest BCUT2D eigenvalue weighted by Gasteiger charge is 2.29. The molecule has 3 rings (SSSR count). The second-order valence-corrected chi connectivity index (χ2v) is 7.32. The van der Waals surface area contributed by atoms with Gasteiger partial charge in [0.25, 0.3) is 0 Å². The fraction of sp³-hybridized carbons (Fsp3) is 0.455. The first-order valence-corrected chi connectivity index (χ1v) is 9.79. The van der Waals surface area contributed by atoms with E-state index in [1.54, 1.807) is 0 Å². The molecule has 0 saturated heterocycles. The number of aliphatic hydroxyl groups is 1. The number of quaternary nitrogens is 1. The molecule has 0 heterocycles. The van der Waals surface area contributed by atoms with Crippen molar-refractivity contribution in [3.8, 4) is 0 Å². The Labute approximate surface area is 163 Å². The van der Waals surface area contributed by atoms with E-state index in [0.717, 1.165) is 37.0 Å². The lowest BCUT2D eigenvalue weighted by Crippen LogP contribution is -2.87. The van der Waals surface area contributed by atoms with Crippen molar-refractivity contribution < 1.29 is 28.3 Å². The van der Waals surface area contributed by atoms with Gasteiger partial charge in [-0.05, 0) is 48.1 Å². The van der Waals surface area contributed by atoms with Crippen LogP contribution in [0.25, 0.3) is 0 Å². The van der Waals surface area contributed by atoms with Crippen molar-refractivity contribution in [1.82, 2.24) is 0 Å². The molecule has 0 spiro atoms. The van der Waals surface area contributed by atoms with Gasteiger partial charge in [0.1, 0.15) is 12.6 Å². The maximum atomic E-state index is 12.6. The van der Waals surface area contributed by atoms with Crippen LogP contribution < -0.4 is 5.32 Å². The first kappa shape index (κ1) is 20.8. The first-order chi connectivity index (χ1) is 13.4. The third kappa shape index (κ3) is 5.80. The van der Waals surface area contributed by atoms with Crippen LogP contribution in [0.4, 0.5) is 13.2 Å². The number of hydrogen-bond acceptors (Lipinski definition) is 2. The molecule has 3 N–H and O–H groups in total. The molecule has 0 radical (unpaired) electrons. The third-order valence-corrected chi connectivity index (χ3v) is 5.16. The van der Waals surface area contributed by atoms with Crippen molar-refractivity contribution in [2.45, 2.75) is 44.1 Å². The molecular formula is C22H27F3NO2+. The first-order valence-electron chi connectivity index (χ1n) is 9.79. The van der Waals surface area contributed by atoms with Gasteiger partial charge in [0, 0.05) is 6.42 Å². The predicted octanol–water partition coefficient (Wildman–Crippen LogP) is 3.27. The van der Waals surface area contributed by atoms with Crippen LogP contribution in [0.3, 0.4) is 0 Å². The standard InChI is InChI=1S/C22H26F3NO2/c23-22(24,25)18-10-8-16(9-11-18)12-13-26-14-19(27)15-28-21-7-3-5-17-4-1-2-6-20(17)21/h1-2,4,6,8-11,19,21,26-27H,3,5,7,12-15H2/p+1/t19-,21+/m1/s1. The molecule has 0 aromatic heterocycles. The number of benzene rings is 2. The van der Waals surface area contributed by atoms with E-state index in [1.165, 1.54) is 23.3 Å². The van der Waals surface area contributed by atoms with Gasteiger partial charge in [-0.3, -0.25) is 0 Å². The Morgan fingerprint density at radius 3 is 2.61 bits per heavy atom. The Bertz CT molecular complexity index is 746. The number of aryl methyl sites for hydroxylation is 1. The van der Waals surface area contributed by atoms with Crippen LogP contribution in [0.15, 0.2) is 48.5 Å². The second-order valence-electron chi connectivity index (χ2n) is 7.32. The number of alkyl halides is 3. The van der Waals surface area contributed by atoms with Gasteiger partial charge >= 0.3 is 6.18 Å². The van der Waals surface area contributed by atoms with E-state index in [-0.39, 0.29) is 12.7 Å². The summed E-state index contributed by atoms with van der Waals surface area (Å²) in [6.45, 7) is 1.50. The van der Waals surface area contributed by atoms with Crippen LogP contribution in [-0.2, 0) is 23.8 Å². The minimum Gasteiger partial charge on any atom is -0.385 e. The van der Waals surface area contributed by atoms with Crippen LogP contribution in [0.2, 0.25) is 0 Å². The quantitative estimate of drug-likeness (QED) is 0.675. The van der Waals surface area contributed by atoms with Gasteiger partial charge in [-0.2, -0.15) is 13.2 Å². The predicted molar refractivity (Wildman–Crippen MR) is 101 cm³/mol.